The molecule has 24 heavy (non-hydrogen) atoms. The van der Waals surface area contributed by atoms with Gasteiger partial charge < -0.3 is 10.1 Å². The zero-order valence-electron chi connectivity index (χ0n) is 13.1. The number of hydrogen-bond donors (Lipinski definition) is 1. The third kappa shape index (κ3) is 4.13. The van der Waals surface area contributed by atoms with Crippen molar-refractivity contribution in [3.63, 3.8) is 0 Å². The molecule has 0 aliphatic carbocycles. The van der Waals surface area contributed by atoms with Gasteiger partial charge in [-0.3, -0.25) is 14.9 Å². The molecule has 0 saturated heterocycles. The Balaban J connectivity index is 2.19. The van der Waals surface area contributed by atoms with E-state index in [-0.39, 0.29) is 23.4 Å². The van der Waals surface area contributed by atoms with Gasteiger partial charge in [0.1, 0.15) is 0 Å². The van der Waals surface area contributed by atoms with Crippen LogP contribution in [0.3, 0.4) is 0 Å². The smallest absolute Gasteiger partial charge is 0.338 e. The molecular formula is C15H15N3O5S. The van der Waals surface area contributed by atoms with Gasteiger partial charge in [-0.2, -0.15) is 0 Å². The van der Waals surface area contributed by atoms with Gasteiger partial charge in [0.2, 0.25) is 0 Å². The average Bonchev–Trinajstić information content (AvgIpc) is 3.06. The summed E-state index contributed by atoms with van der Waals surface area (Å²) in [4.78, 5) is 38.4. The molecule has 1 aromatic carbocycles. The molecule has 0 aliphatic heterocycles. The quantitative estimate of drug-likeness (QED) is 0.487. The van der Waals surface area contributed by atoms with Crippen LogP contribution >= 0.6 is 11.3 Å². The van der Waals surface area contributed by atoms with Crippen LogP contribution in [0.15, 0.2) is 23.6 Å². The van der Waals surface area contributed by atoms with Crippen molar-refractivity contribution in [1.29, 1.82) is 0 Å². The third-order valence-electron chi connectivity index (χ3n) is 3.14. The van der Waals surface area contributed by atoms with E-state index in [1.165, 1.54) is 17.4 Å². The van der Waals surface area contributed by atoms with E-state index in [0.29, 0.717) is 5.69 Å². The van der Waals surface area contributed by atoms with Crippen molar-refractivity contribution in [2.24, 2.45) is 0 Å². The number of esters is 1. The summed E-state index contributed by atoms with van der Waals surface area (Å²) < 4.78 is 4.55. The lowest BCUT2D eigenvalue weighted by Gasteiger charge is -2.06. The average molecular weight is 349 g/mol. The lowest BCUT2D eigenvalue weighted by Crippen LogP contribution is -2.23. The minimum absolute atomic E-state index is 0.00976. The van der Waals surface area contributed by atoms with E-state index in [2.05, 4.69) is 15.0 Å². The molecule has 1 N–H and O–H groups in total. The van der Waals surface area contributed by atoms with Crippen molar-refractivity contribution in [2.75, 3.05) is 7.11 Å². The summed E-state index contributed by atoms with van der Waals surface area (Å²) in [6, 6.07) is 3.43. The fourth-order valence-electron chi connectivity index (χ4n) is 1.95. The minimum Gasteiger partial charge on any atom is -0.465 e. The summed E-state index contributed by atoms with van der Waals surface area (Å²) in [7, 11) is 1.16. The first-order valence-corrected chi connectivity index (χ1v) is 7.91. The fraction of sp³-hybridized carbons (Fsp3) is 0.267. The number of aryl methyl sites for hydroxylation is 1. The van der Waals surface area contributed by atoms with Crippen molar-refractivity contribution in [3.05, 3.63) is 55.5 Å². The van der Waals surface area contributed by atoms with Crippen molar-refractivity contribution < 1.29 is 19.2 Å². The number of ether oxygens (including phenoxy) is 1. The zero-order chi connectivity index (χ0) is 17.7. The van der Waals surface area contributed by atoms with E-state index in [9.17, 15) is 19.7 Å². The number of carbonyl (C=O) groups is 2. The van der Waals surface area contributed by atoms with E-state index in [1.807, 2.05) is 12.3 Å². The number of methoxy groups -OCH3 is 1. The Morgan fingerprint density at radius 1 is 1.33 bits per heavy atom. The molecule has 1 amide bonds. The molecule has 0 bridgehead atoms. The molecule has 1 heterocycles. The predicted octanol–water partition coefficient (Wildman–Crippen LogP) is 2.33. The molecule has 1 aromatic heterocycles. The zero-order valence-corrected chi connectivity index (χ0v) is 13.9. The molecular weight excluding hydrogens is 334 g/mol. The fourth-order valence-corrected chi connectivity index (χ4v) is 2.69. The van der Waals surface area contributed by atoms with Gasteiger partial charge in [-0.15, -0.1) is 11.3 Å². The number of amides is 1. The molecule has 0 saturated carbocycles. The maximum absolute atomic E-state index is 12.2. The monoisotopic (exact) mass is 349 g/mol. The molecule has 0 fully saturated rings. The first-order valence-electron chi connectivity index (χ1n) is 7.03. The van der Waals surface area contributed by atoms with Crippen LogP contribution < -0.4 is 5.32 Å². The van der Waals surface area contributed by atoms with Crippen molar-refractivity contribution in [1.82, 2.24) is 10.3 Å². The van der Waals surface area contributed by atoms with Gasteiger partial charge in [0, 0.05) is 23.1 Å². The molecule has 2 aromatic rings. The van der Waals surface area contributed by atoms with Crippen LogP contribution in [0.2, 0.25) is 0 Å². The lowest BCUT2D eigenvalue weighted by molar-refractivity contribution is -0.384. The summed E-state index contributed by atoms with van der Waals surface area (Å²) in [6.45, 7) is 2.18. The number of benzene rings is 1. The number of carbonyl (C=O) groups excluding carboxylic acids is 2. The van der Waals surface area contributed by atoms with Crippen LogP contribution in [0.1, 0.15) is 38.3 Å². The molecule has 0 atom stereocenters. The maximum Gasteiger partial charge on any atom is 0.338 e. The number of thiazole rings is 1. The lowest BCUT2D eigenvalue weighted by atomic mass is 10.1. The SMILES string of the molecule is CCc1nc(CNC(=O)c2cc(C(=O)OC)cc([N+](=O)[O-])c2)cs1. The minimum atomic E-state index is -0.750. The number of nitro benzene ring substituents is 1. The number of hydrogen-bond acceptors (Lipinski definition) is 7. The second-order valence-corrected chi connectivity index (χ2v) is 5.73. The highest BCUT2D eigenvalue weighted by molar-refractivity contribution is 7.09. The van der Waals surface area contributed by atoms with E-state index in [1.54, 1.807) is 0 Å². The van der Waals surface area contributed by atoms with E-state index < -0.39 is 16.8 Å². The Hall–Kier alpha value is -2.81. The first kappa shape index (κ1) is 17.5. The highest BCUT2D eigenvalue weighted by Gasteiger charge is 2.18. The Kier molecular flexibility index (Phi) is 5.59. The summed E-state index contributed by atoms with van der Waals surface area (Å²) in [5.74, 6) is -1.28. The van der Waals surface area contributed by atoms with Crippen molar-refractivity contribution >= 4 is 28.9 Å². The van der Waals surface area contributed by atoms with Crippen LogP contribution in [-0.4, -0.2) is 28.9 Å². The van der Waals surface area contributed by atoms with Gasteiger partial charge in [-0.1, -0.05) is 6.92 Å². The topological polar surface area (TPSA) is 111 Å². The van der Waals surface area contributed by atoms with Gasteiger partial charge in [-0.25, -0.2) is 9.78 Å². The summed E-state index contributed by atoms with van der Waals surface area (Å²) >= 11 is 1.50. The largest absolute Gasteiger partial charge is 0.465 e. The van der Waals surface area contributed by atoms with E-state index in [0.717, 1.165) is 30.7 Å². The predicted molar refractivity (Wildman–Crippen MR) is 87.1 cm³/mol. The van der Waals surface area contributed by atoms with Gasteiger partial charge in [0.05, 0.1) is 34.8 Å². The highest BCUT2D eigenvalue weighted by Crippen LogP contribution is 2.18. The Morgan fingerprint density at radius 2 is 2.04 bits per heavy atom. The molecule has 126 valence electrons. The molecule has 0 unspecified atom stereocenters. The van der Waals surface area contributed by atoms with Crippen molar-refractivity contribution in [2.45, 2.75) is 19.9 Å². The molecule has 8 nitrogen and oxygen atoms in total. The number of nitrogens with zero attached hydrogens (tertiary/aromatic N) is 2. The Labute approximate surface area is 141 Å². The van der Waals surface area contributed by atoms with Gasteiger partial charge in [-0.05, 0) is 12.5 Å². The van der Waals surface area contributed by atoms with Crippen LogP contribution in [0.4, 0.5) is 5.69 Å². The second-order valence-electron chi connectivity index (χ2n) is 4.79. The third-order valence-corrected chi connectivity index (χ3v) is 4.19. The molecule has 0 spiro atoms. The number of rotatable bonds is 6. The van der Waals surface area contributed by atoms with Crippen molar-refractivity contribution in [3.8, 4) is 0 Å². The van der Waals surface area contributed by atoms with Crippen LogP contribution in [-0.2, 0) is 17.7 Å². The molecule has 2 rings (SSSR count). The van der Waals surface area contributed by atoms with Gasteiger partial charge in [0.25, 0.3) is 11.6 Å². The summed E-state index contributed by atoms with van der Waals surface area (Å²) in [6.07, 6.45) is 0.811. The number of aromatic nitrogens is 1. The van der Waals surface area contributed by atoms with E-state index >= 15 is 0 Å². The van der Waals surface area contributed by atoms with Crippen LogP contribution in [0.25, 0.3) is 0 Å². The summed E-state index contributed by atoms with van der Waals surface area (Å²) in [5.41, 5.74) is 0.308. The Morgan fingerprint density at radius 3 is 2.62 bits per heavy atom. The number of non-ortho nitro benzene ring substituents is 1. The van der Waals surface area contributed by atoms with Crippen LogP contribution in [0.5, 0.6) is 0 Å². The number of nitrogens with one attached hydrogen (secondary N) is 1. The second kappa shape index (κ2) is 7.64. The summed E-state index contributed by atoms with van der Waals surface area (Å²) in [5, 5.41) is 16.4. The molecule has 0 aliphatic rings. The number of nitro groups is 1. The highest BCUT2D eigenvalue weighted by atomic mass is 32.1. The standard InChI is InChI=1S/C15H15N3O5S/c1-3-13-17-11(8-24-13)7-16-14(19)9-4-10(15(20)23-2)6-12(5-9)18(21)22/h4-6,8H,3,7H2,1-2H3,(H,16,19). The first-order chi connectivity index (χ1) is 11.4. The van der Waals surface area contributed by atoms with Gasteiger partial charge in [0.15, 0.2) is 0 Å². The van der Waals surface area contributed by atoms with E-state index in [4.69, 9.17) is 0 Å². The normalized spacial score (nSPS) is 10.2. The molecule has 9 heteroatoms. The van der Waals surface area contributed by atoms with Crippen LogP contribution in [0, 0.1) is 10.1 Å². The van der Waals surface area contributed by atoms with Gasteiger partial charge >= 0.3 is 5.97 Å². The Bertz CT molecular complexity index is 787. The maximum atomic E-state index is 12.2. The molecule has 0 radical (unpaired) electrons.